The topological polar surface area (TPSA) is 92.3 Å². The Labute approximate surface area is 217 Å². The van der Waals surface area contributed by atoms with Gasteiger partial charge in [-0.15, -0.1) is 0 Å². The fraction of sp³-hybridized carbons (Fsp3) is 1.00. The van der Waals surface area contributed by atoms with Crippen LogP contribution in [0.4, 0.5) is 4.39 Å². The van der Waals surface area contributed by atoms with Crippen LogP contribution in [0.5, 0.6) is 0 Å². The minimum absolute atomic E-state index is 0.118. The maximum atomic E-state index is 11.8. The van der Waals surface area contributed by atoms with Gasteiger partial charge in [0.1, 0.15) is 6.67 Å². The molecular weight excluding hydrogens is 479 g/mol. The standard InChI is InChI=1S/C25H51FO10/c1-3-25(2)24-36-23-22-35-21-20-34-19-18-33-17-16-32-15-14-31-13-12-30-11-10-29-9-8-28-7-6-27-5-4-26/h25H,3-24H2,1-2H3. The zero-order valence-corrected chi connectivity index (χ0v) is 22.6. The first-order valence-electron chi connectivity index (χ1n) is 13.1. The van der Waals surface area contributed by atoms with Crippen molar-refractivity contribution in [2.75, 3.05) is 139 Å². The first kappa shape index (κ1) is 35.5. The van der Waals surface area contributed by atoms with Crippen LogP contribution in [0.15, 0.2) is 0 Å². The summed E-state index contributed by atoms with van der Waals surface area (Å²) in [6, 6.07) is 0. The Balaban J connectivity index is 3.02. The average Bonchev–Trinajstić information content (AvgIpc) is 2.89. The van der Waals surface area contributed by atoms with E-state index in [1.54, 1.807) is 0 Å². The molecule has 10 nitrogen and oxygen atoms in total. The molecule has 1 atom stereocenters. The Kier molecular flexibility index (Phi) is 32.1. The van der Waals surface area contributed by atoms with Crippen LogP contribution in [0.25, 0.3) is 0 Å². The lowest BCUT2D eigenvalue weighted by Crippen LogP contribution is -2.15. The molecule has 0 aromatic heterocycles. The van der Waals surface area contributed by atoms with Crippen LogP contribution < -0.4 is 0 Å². The maximum Gasteiger partial charge on any atom is 0.113 e. The number of hydrogen-bond acceptors (Lipinski definition) is 10. The van der Waals surface area contributed by atoms with Crippen molar-refractivity contribution in [2.24, 2.45) is 5.92 Å². The van der Waals surface area contributed by atoms with Gasteiger partial charge in [-0.1, -0.05) is 20.3 Å². The highest BCUT2D eigenvalue weighted by Crippen LogP contribution is 1.99. The van der Waals surface area contributed by atoms with Crippen molar-refractivity contribution < 1.29 is 51.8 Å². The fourth-order valence-electron chi connectivity index (χ4n) is 2.44. The van der Waals surface area contributed by atoms with Crippen molar-refractivity contribution in [1.82, 2.24) is 0 Å². The van der Waals surface area contributed by atoms with Crippen molar-refractivity contribution in [2.45, 2.75) is 20.3 Å². The molecule has 0 heterocycles. The number of hydrogen-bond donors (Lipinski definition) is 0. The molecule has 0 aromatic carbocycles. The molecule has 1 unspecified atom stereocenters. The highest BCUT2D eigenvalue weighted by Gasteiger charge is 1.98. The van der Waals surface area contributed by atoms with Gasteiger partial charge < -0.3 is 47.4 Å². The van der Waals surface area contributed by atoms with E-state index in [-0.39, 0.29) is 6.61 Å². The van der Waals surface area contributed by atoms with Crippen molar-refractivity contribution in [3.05, 3.63) is 0 Å². The van der Waals surface area contributed by atoms with Gasteiger partial charge in [-0.2, -0.15) is 0 Å². The minimum atomic E-state index is -0.470. The Bertz CT molecular complexity index is 396. The lowest BCUT2D eigenvalue weighted by molar-refractivity contribution is -0.0269. The van der Waals surface area contributed by atoms with Crippen LogP contribution >= 0.6 is 0 Å². The molecule has 0 rings (SSSR count). The molecule has 0 amide bonds. The summed E-state index contributed by atoms with van der Waals surface area (Å²) in [5.41, 5.74) is 0. The Hall–Kier alpha value is -0.470. The molecule has 0 aromatic rings. The fourth-order valence-corrected chi connectivity index (χ4v) is 2.44. The van der Waals surface area contributed by atoms with Crippen molar-refractivity contribution in [1.29, 1.82) is 0 Å². The van der Waals surface area contributed by atoms with Gasteiger partial charge >= 0.3 is 0 Å². The largest absolute Gasteiger partial charge is 0.379 e. The molecule has 0 aliphatic carbocycles. The molecule has 11 heteroatoms. The van der Waals surface area contributed by atoms with E-state index in [2.05, 4.69) is 13.8 Å². The zero-order valence-electron chi connectivity index (χ0n) is 22.6. The molecular formula is C25H51FO10. The summed E-state index contributed by atoms with van der Waals surface area (Å²) in [6.45, 7) is 14.1. The average molecular weight is 531 g/mol. The van der Waals surface area contributed by atoms with Gasteiger partial charge in [0.15, 0.2) is 0 Å². The van der Waals surface area contributed by atoms with E-state index >= 15 is 0 Å². The zero-order chi connectivity index (χ0) is 26.2. The minimum Gasteiger partial charge on any atom is -0.379 e. The van der Waals surface area contributed by atoms with E-state index in [4.69, 9.17) is 47.4 Å². The van der Waals surface area contributed by atoms with Gasteiger partial charge in [-0.05, 0) is 5.92 Å². The SMILES string of the molecule is CCC(C)COCCOCCOCCOCCOCCOCCOCCOCCOCCOCCF. The van der Waals surface area contributed by atoms with Gasteiger partial charge in [-0.25, -0.2) is 4.39 Å². The van der Waals surface area contributed by atoms with Crippen molar-refractivity contribution in [3.63, 3.8) is 0 Å². The molecule has 36 heavy (non-hydrogen) atoms. The third-order valence-electron chi connectivity index (χ3n) is 4.67. The predicted molar refractivity (Wildman–Crippen MR) is 134 cm³/mol. The molecule has 0 aliphatic heterocycles. The van der Waals surface area contributed by atoms with E-state index in [0.717, 1.165) is 13.0 Å². The molecule has 218 valence electrons. The lowest BCUT2D eigenvalue weighted by atomic mass is 10.1. The van der Waals surface area contributed by atoms with Crippen molar-refractivity contribution >= 4 is 0 Å². The molecule has 0 radical (unpaired) electrons. The third-order valence-corrected chi connectivity index (χ3v) is 4.67. The summed E-state index contributed by atoms with van der Waals surface area (Å²) in [6.07, 6.45) is 1.13. The Morgan fingerprint density at radius 2 is 0.611 bits per heavy atom. The van der Waals surface area contributed by atoms with E-state index in [9.17, 15) is 4.39 Å². The first-order chi connectivity index (χ1) is 17.8. The second kappa shape index (κ2) is 32.6. The predicted octanol–water partition coefficient (Wildman–Crippen LogP) is 2.17. The summed E-state index contributed by atoms with van der Waals surface area (Å²) in [5, 5.41) is 0. The quantitative estimate of drug-likeness (QED) is 0.121. The summed E-state index contributed by atoms with van der Waals surface area (Å²) in [5.74, 6) is 0.598. The molecule has 0 fully saturated rings. The van der Waals surface area contributed by atoms with E-state index < -0.39 is 6.67 Å². The highest BCUT2D eigenvalue weighted by atomic mass is 19.1. The summed E-state index contributed by atoms with van der Waals surface area (Å²) in [7, 11) is 0. The van der Waals surface area contributed by atoms with Gasteiger partial charge in [0, 0.05) is 6.61 Å². The van der Waals surface area contributed by atoms with Crippen LogP contribution in [0.1, 0.15) is 20.3 Å². The number of halogens is 1. The van der Waals surface area contributed by atoms with Gasteiger partial charge in [0.05, 0.1) is 126 Å². The van der Waals surface area contributed by atoms with Crippen LogP contribution in [0, 0.1) is 5.92 Å². The summed E-state index contributed by atoms with van der Waals surface area (Å²) in [4.78, 5) is 0. The van der Waals surface area contributed by atoms with Crippen LogP contribution in [0.3, 0.4) is 0 Å². The summed E-state index contributed by atoms with van der Waals surface area (Å²) < 4.78 is 65.5. The van der Waals surface area contributed by atoms with E-state index in [0.29, 0.717) is 125 Å². The van der Waals surface area contributed by atoms with E-state index in [1.165, 1.54) is 0 Å². The van der Waals surface area contributed by atoms with Crippen LogP contribution in [0.2, 0.25) is 0 Å². The molecule has 0 saturated heterocycles. The third kappa shape index (κ3) is 31.6. The molecule has 0 N–H and O–H groups in total. The van der Waals surface area contributed by atoms with Crippen LogP contribution in [-0.2, 0) is 47.4 Å². The first-order valence-corrected chi connectivity index (χ1v) is 13.1. The normalized spacial score (nSPS) is 12.4. The highest BCUT2D eigenvalue weighted by molar-refractivity contribution is 4.46. The Morgan fingerprint density at radius 3 is 0.833 bits per heavy atom. The van der Waals surface area contributed by atoms with E-state index in [1.807, 2.05) is 0 Å². The Morgan fingerprint density at radius 1 is 0.389 bits per heavy atom. The number of rotatable bonds is 32. The molecule has 0 saturated carbocycles. The number of alkyl halides is 1. The van der Waals surface area contributed by atoms with Gasteiger partial charge in [0.2, 0.25) is 0 Å². The monoisotopic (exact) mass is 530 g/mol. The summed E-state index contributed by atoms with van der Waals surface area (Å²) >= 11 is 0. The smallest absolute Gasteiger partial charge is 0.113 e. The molecule has 0 spiro atoms. The second-order valence-electron chi connectivity index (χ2n) is 7.79. The second-order valence-corrected chi connectivity index (χ2v) is 7.79. The lowest BCUT2D eigenvalue weighted by Gasteiger charge is -2.10. The number of ether oxygens (including phenoxy) is 10. The molecule has 0 aliphatic rings. The molecule has 0 bridgehead atoms. The maximum absolute atomic E-state index is 11.8. The van der Waals surface area contributed by atoms with Gasteiger partial charge in [-0.3, -0.25) is 0 Å². The van der Waals surface area contributed by atoms with Gasteiger partial charge in [0.25, 0.3) is 0 Å². The van der Waals surface area contributed by atoms with Crippen molar-refractivity contribution in [3.8, 4) is 0 Å². The van der Waals surface area contributed by atoms with Crippen LogP contribution in [-0.4, -0.2) is 139 Å².